The zero-order valence-electron chi connectivity index (χ0n) is 9.62. The van der Waals surface area contributed by atoms with E-state index in [1.807, 2.05) is 37.4 Å². The summed E-state index contributed by atoms with van der Waals surface area (Å²) < 4.78 is 0. The lowest BCUT2D eigenvalue weighted by atomic mass is 10.1. The lowest BCUT2D eigenvalue weighted by Gasteiger charge is -2.14. The summed E-state index contributed by atoms with van der Waals surface area (Å²) in [5.74, 6) is 0.186. The predicted octanol–water partition coefficient (Wildman–Crippen LogP) is 1.30. The summed E-state index contributed by atoms with van der Waals surface area (Å²) >= 11 is 0. The molecule has 1 aromatic rings. The maximum Gasteiger partial charge on any atom is 0.227 e. The highest BCUT2D eigenvalue weighted by molar-refractivity contribution is 5.85. The van der Waals surface area contributed by atoms with Crippen LogP contribution in [0.5, 0.6) is 0 Å². The average Bonchev–Trinajstić information content (AvgIpc) is 3.09. The highest BCUT2D eigenvalue weighted by Gasteiger charge is 2.48. The van der Waals surface area contributed by atoms with E-state index < -0.39 is 0 Å². The molecule has 2 rings (SSSR count). The molecule has 0 heterocycles. The lowest BCUT2D eigenvalue weighted by Crippen LogP contribution is -2.37. The van der Waals surface area contributed by atoms with E-state index in [4.69, 9.17) is 0 Å². The first-order chi connectivity index (χ1) is 7.77. The molecule has 3 heteroatoms. The third kappa shape index (κ3) is 2.42. The summed E-state index contributed by atoms with van der Waals surface area (Å²) in [6.07, 6.45) is 2.02. The first-order valence-electron chi connectivity index (χ1n) is 5.74. The second-order valence-corrected chi connectivity index (χ2v) is 4.48. The number of hydrogen-bond donors (Lipinski definition) is 2. The zero-order chi connectivity index (χ0) is 11.4. The molecule has 1 aliphatic rings. The molecule has 0 atom stereocenters. The van der Waals surface area contributed by atoms with Crippen molar-refractivity contribution in [3.8, 4) is 0 Å². The van der Waals surface area contributed by atoms with Gasteiger partial charge in [0.2, 0.25) is 5.91 Å². The molecule has 0 unspecified atom stereocenters. The minimum Gasteiger partial charge on any atom is -0.352 e. The molecule has 2 N–H and O–H groups in total. The summed E-state index contributed by atoms with van der Waals surface area (Å²) in [5, 5.41) is 6.10. The summed E-state index contributed by atoms with van der Waals surface area (Å²) in [6, 6.07) is 10.0. The topological polar surface area (TPSA) is 41.1 Å². The van der Waals surface area contributed by atoms with E-state index in [-0.39, 0.29) is 11.3 Å². The number of amides is 1. The van der Waals surface area contributed by atoms with Crippen molar-refractivity contribution in [1.82, 2.24) is 10.6 Å². The van der Waals surface area contributed by atoms with Gasteiger partial charge in [-0.3, -0.25) is 4.79 Å². The van der Waals surface area contributed by atoms with Crippen LogP contribution in [0.4, 0.5) is 0 Å². The summed E-state index contributed by atoms with van der Waals surface area (Å²) in [5.41, 5.74) is 1.03. The fourth-order valence-corrected chi connectivity index (χ4v) is 1.94. The molecule has 0 radical (unpaired) electrons. The van der Waals surface area contributed by atoms with Gasteiger partial charge < -0.3 is 10.6 Å². The van der Waals surface area contributed by atoms with E-state index >= 15 is 0 Å². The Morgan fingerprint density at radius 2 is 2.00 bits per heavy atom. The highest BCUT2D eigenvalue weighted by atomic mass is 16.2. The minimum absolute atomic E-state index is 0.121. The van der Waals surface area contributed by atoms with E-state index in [0.29, 0.717) is 6.54 Å². The van der Waals surface area contributed by atoms with Crippen molar-refractivity contribution in [2.45, 2.75) is 19.4 Å². The van der Waals surface area contributed by atoms with Crippen molar-refractivity contribution in [3.05, 3.63) is 35.9 Å². The largest absolute Gasteiger partial charge is 0.352 e. The predicted molar refractivity (Wildman–Crippen MR) is 63.9 cm³/mol. The van der Waals surface area contributed by atoms with Gasteiger partial charge in [-0.1, -0.05) is 30.3 Å². The Hall–Kier alpha value is -1.35. The average molecular weight is 218 g/mol. The molecule has 1 aliphatic carbocycles. The molecule has 86 valence electrons. The van der Waals surface area contributed by atoms with E-state index in [1.54, 1.807) is 0 Å². The maximum atomic E-state index is 11.9. The monoisotopic (exact) mass is 218 g/mol. The Morgan fingerprint density at radius 3 is 2.56 bits per heavy atom. The van der Waals surface area contributed by atoms with Crippen molar-refractivity contribution in [2.24, 2.45) is 5.41 Å². The summed E-state index contributed by atoms with van der Waals surface area (Å²) in [4.78, 5) is 11.9. The van der Waals surface area contributed by atoms with E-state index in [1.165, 1.54) is 0 Å². The summed E-state index contributed by atoms with van der Waals surface area (Å²) in [7, 11) is 1.89. The molecule has 0 bridgehead atoms. The molecule has 1 aromatic carbocycles. The molecule has 0 saturated heterocycles. The van der Waals surface area contributed by atoms with Crippen molar-refractivity contribution < 1.29 is 4.79 Å². The molecule has 1 fully saturated rings. The number of hydrogen-bond acceptors (Lipinski definition) is 2. The van der Waals surface area contributed by atoms with Crippen LogP contribution in [0.1, 0.15) is 18.4 Å². The highest BCUT2D eigenvalue weighted by Crippen LogP contribution is 2.45. The van der Waals surface area contributed by atoms with Gasteiger partial charge in [-0.15, -0.1) is 0 Å². The van der Waals surface area contributed by atoms with Crippen LogP contribution in [0.15, 0.2) is 30.3 Å². The number of carbonyl (C=O) groups is 1. The number of carbonyl (C=O) groups excluding carboxylic acids is 1. The van der Waals surface area contributed by atoms with Gasteiger partial charge in [0.1, 0.15) is 0 Å². The Kier molecular flexibility index (Phi) is 3.25. The van der Waals surface area contributed by atoms with Gasteiger partial charge in [0.15, 0.2) is 0 Å². The van der Waals surface area contributed by atoms with E-state index in [2.05, 4.69) is 10.6 Å². The third-order valence-corrected chi connectivity index (χ3v) is 3.15. The number of benzene rings is 1. The van der Waals surface area contributed by atoms with Crippen LogP contribution in [0.25, 0.3) is 0 Å². The molecule has 0 aliphatic heterocycles. The Bertz CT molecular complexity index is 357. The van der Waals surface area contributed by atoms with Crippen molar-refractivity contribution in [3.63, 3.8) is 0 Å². The summed E-state index contributed by atoms with van der Waals surface area (Å²) in [6.45, 7) is 1.42. The molecule has 16 heavy (non-hydrogen) atoms. The SMILES string of the molecule is CNCC1(C(=O)NCc2ccccc2)CC1. The standard InChI is InChI=1S/C13H18N2O/c1-14-10-13(7-8-13)12(16)15-9-11-5-3-2-4-6-11/h2-6,14H,7-10H2,1H3,(H,15,16). The number of nitrogens with one attached hydrogen (secondary N) is 2. The van der Waals surface area contributed by atoms with Gasteiger partial charge in [0, 0.05) is 13.1 Å². The van der Waals surface area contributed by atoms with Crippen LogP contribution in [0.2, 0.25) is 0 Å². The molecule has 1 amide bonds. The molecule has 0 spiro atoms. The zero-order valence-corrected chi connectivity index (χ0v) is 9.62. The minimum atomic E-state index is -0.121. The van der Waals surface area contributed by atoms with E-state index in [0.717, 1.165) is 24.9 Å². The van der Waals surface area contributed by atoms with Gasteiger partial charge in [-0.2, -0.15) is 0 Å². The van der Waals surface area contributed by atoms with Crippen molar-refractivity contribution in [2.75, 3.05) is 13.6 Å². The second-order valence-electron chi connectivity index (χ2n) is 4.48. The van der Waals surface area contributed by atoms with Crippen LogP contribution in [-0.4, -0.2) is 19.5 Å². The van der Waals surface area contributed by atoms with Gasteiger partial charge in [-0.25, -0.2) is 0 Å². The van der Waals surface area contributed by atoms with Crippen LogP contribution in [0.3, 0.4) is 0 Å². The first-order valence-corrected chi connectivity index (χ1v) is 5.74. The Morgan fingerprint density at radius 1 is 1.31 bits per heavy atom. The molecular weight excluding hydrogens is 200 g/mol. The molecular formula is C13H18N2O. The van der Waals surface area contributed by atoms with Gasteiger partial charge >= 0.3 is 0 Å². The van der Waals surface area contributed by atoms with Crippen molar-refractivity contribution in [1.29, 1.82) is 0 Å². The lowest BCUT2D eigenvalue weighted by molar-refractivity contribution is -0.126. The van der Waals surface area contributed by atoms with Gasteiger partial charge in [-0.05, 0) is 25.5 Å². The second kappa shape index (κ2) is 4.66. The third-order valence-electron chi connectivity index (χ3n) is 3.15. The van der Waals surface area contributed by atoms with Gasteiger partial charge in [0.05, 0.1) is 5.41 Å². The normalized spacial score (nSPS) is 16.8. The van der Waals surface area contributed by atoms with Crippen molar-refractivity contribution >= 4 is 5.91 Å². The Balaban J connectivity index is 1.85. The van der Waals surface area contributed by atoms with Crippen LogP contribution < -0.4 is 10.6 Å². The van der Waals surface area contributed by atoms with Crippen LogP contribution in [0, 0.1) is 5.41 Å². The number of rotatable bonds is 5. The molecule has 1 saturated carbocycles. The quantitative estimate of drug-likeness (QED) is 0.782. The molecule has 0 aromatic heterocycles. The first kappa shape index (κ1) is 11.1. The van der Waals surface area contributed by atoms with Crippen LogP contribution >= 0.6 is 0 Å². The van der Waals surface area contributed by atoms with E-state index in [9.17, 15) is 4.79 Å². The Labute approximate surface area is 96.2 Å². The van der Waals surface area contributed by atoms with Gasteiger partial charge in [0.25, 0.3) is 0 Å². The fourth-order valence-electron chi connectivity index (χ4n) is 1.94. The fraction of sp³-hybridized carbons (Fsp3) is 0.462. The molecule has 3 nitrogen and oxygen atoms in total. The van der Waals surface area contributed by atoms with Crippen LogP contribution in [-0.2, 0) is 11.3 Å². The smallest absolute Gasteiger partial charge is 0.227 e. The maximum absolute atomic E-state index is 11.9.